The lowest BCUT2D eigenvalue weighted by Crippen LogP contribution is -2.48. The van der Waals surface area contributed by atoms with E-state index in [1.165, 1.54) is 5.56 Å². The molecule has 0 saturated carbocycles. The largest absolute Gasteiger partial charge is 0.466 e. The van der Waals surface area contributed by atoms with Gasteiger partial charge in [0.2, 0.25) is 0 Å². The molecule has 0 amide bonds. The van der Waals surface area contributed by atoms with Crippen molar-refractivity contribution in [1.82, 2.24) is 10.6 Å². The van der Waals surface area contributed by atoms with Crippen LogP contribution in [0.4, 0.5) is 0 Å². The summed E-state index contributed by atoms with van der Waals surface area (Å²) >= 11 is 0. The topological polar surface area (TPSA) is 79.0 Å². The van der Waals surface area contributed by atoms with E-state index in [1.807, 2.05) is 26.8 Å². The maximum absolute atomic E-state index is 11.0. The molecule has 3 N–H and O–H groups in total. The SMILES string of the molecule is CCNC(=NCC(C)(O)c1cc(C)oc1C)NCC1(c2ccccc2)CCOCC1.I. The molecule has 2 aromatic rings. The van der Waals surface area contributed by atoms with Crippen LogP contribution < -0.4 is 10.6 Å². The number of nitrogens with zero attached hydrogens (tertiary/aromatic N) is 1. The summed E-state index contributed by atoms with van der Waals surface area (Å²) in [4.78, 5) is 4.69. The number of aliphatic imine (C=N–C) groups is 1. The summed E-state index contributed by atoms with van der Waals surface area (Å²) < 4.78 is 11.2. The number of furan rings is 1. The Kier molecular flexibility index (Phi) is 9.39. The van der Waals surface area contributed by atoms with Gasteiger partial charge in [-0.3, -0.25) is 0 Å². The van der Waals surface area contributed by atoms with Crippen molar-refractivity contribution >= 4 is 29.9 Å². The van der Waals surface area contributed by atoms with Crippen LogP contribution in [-0.4, -0.2) is 43.9 Å². The summed E-state index contributed by atoms with van der Waals surface area (Å²) in [5, 5.41) is 17.8. The van der Waals surface area contributed by atoms with Crippen molar-refractivity contribution in [3.8, 4) is 0 Å². The number of benzene rings is 1. The van der Waals surface area contributed by atoms with Crippen molar-refractivity contribution < 1.29 is 14.3 Å². The molecule has 7 heteroatoms. The van der Waals surface area contributed by atoms with Gasteiger partial charge in [0.05, 0.1) is 6.54 Å². The van der Waals surface area contributed by atoms with Crippen LogP contribution in [0.5, 0.6) is 0 Å². The first-order chi connectivity index (χ1) is 14.4. The molecule has 0 radical (unpaired) electrons. The highest BCUT2D eigenvalue weighted by atomic mass is 127. The molecule has 2 heterocycles. The van der Waals surface area contributed by atoms with Crippen LogP contribution in [0.3, 0.4) is 0 Å². The molecule has 1 saturated heterocycles. The first-order valence-corrected chi connectivity index (χ1v) is 10.8. The monoisotopic (exact) mass is 541 g/mol. The molecular formula is C24H36IN3O3. The molecule has 0 spiro atoms. The van der Waals surface area contributed by atoms with Gasteiger partial charge in [-0.1, -0.05) is 30.3 Å². The number of rotatable bonds is 7. The molecule has 1 fully saturated rings. The zero-order valence-electron chi connectivity index (χ0n) is 19.0. The van der Waals surface area contributed by atoms with Crippen molar-refractivity contribution in [2.45, 2.75) is 51.6 Å². The van der Waals surface area contributed by atoms with Gasteiger partial charge in [-0.25, -0.2) is 4.99 Å². The van der Waals surface area contributed by atoms with Crippen LogP contribution >= 0.6 is 24.0 Å². The predicted molar refractivity (Wildman–Crippen MR) is 135 cm³/mol. The van der Waals surface area contributed by atoms with E-state index in [9.17, 15) is 5.11 Å². The smallest absolute Gasteiger partial charge is 0.191 e. The van der Waals surface area contributed by atoms with Crippen LogP contribution in [0.1, 0.15) is 49.3 Å². The quantitative estimate of drug-likeness (QED) is 0.281. The Morgan fingerprint density at radius 3 is 2.42 bits per heavy atom. The van der Waals surface area contributed by atoms with E-state index < -0.39 is 5.60 Å². The Morgan fingerprint density at radius 1 is 1.16 bits per heavy atom. The van der Waals surface area contributed by atoms with E-state index in [4.69, 9.17) is 14.1 Å². The van der Waals surface area contributed by atoms with Gasteiger partial charge in [-0.2, -0.15) is 0 Å². The summed E-state index contributed by atoms with van der Waals surface area (Å²) in [7, 11) is 0. The maximum Gasteiger partial charge on any atom is 0.191 e. The number of aliphatic hydroxyl groups is 1. The van der Waals surface area contributed by atoms with Crippen LogP contribution in [0.2, 0.25) is 0 Å². The average Bonchev–Trinajstić information content (AvgIpc) is 3.10. The summed E-state index contributed by atoms with van der Waals surface area (Å²) in [6.45, 7) is 10.9. The van der Waals surface area contributed by atoms with Gasteiger partial charge in [0.25, 0.3) is 0 Å². The normalized spacial score (nSPS) is 18.0. The number of guanidine groups is 1. The van der Waals surface area contributed by atoms with Crippen molar-refractivity contribution in [1.29, 1.82) is 0 Å². The Bertz CT molecular complexity index is 843. The highest BCUT2D eigenvalue weighted by molar-refractivity contribution is 14.0. The van der Waals surface area contributed by atoms with Crippen LogP contribution in [0.15, 0.2) is 45.8 Å². The van der Waals surface area contributed by atoms with Crippen molar-refractivity contribution in [3.63, 3.8) is 0 Å². The van der Waals surface area contributed by atoms with Crippen molar-refractivity contribution in [2.75, 3.05) is 32.8 Å². The van der Waals surface area contributed by atoms with Gasteiger partial charge in [-0.05, 0) is 52.2 Å². The Labute approximate surface area is 202 Å². The van der Waals surface area contributed by atoms with Crippen LogP contribution in [-0.2, 0) is 15.8 Å². The third-order valence-corrected chi connectivity index (χ3v) is 5.94. The standard InChI is InChI=1S/C24H35N3O3.HI/c1-5-25-22(26-16-23(4,28)21-15-18(2)30-19(21)3)27-17-24(11-13-29-14-12-24)20-9-7-6-8-10-20;/h6-10,15,28H,5,11-14,16-17H2,1-4H3,(H2,25,26,27);1H. The van der Waals surface area contributed by atoms with Crippen LogP contribution in [0.25, 0.3) is 0 Å². The Morgan fingerprint density at radius 2 is 1.84 bits per heavy atom. The van der Waals surface area contributed by atoms with Gasteiger partial charge >= 0.3 is 0 Å². The second-order valence-electron chi connectivity index (χ2n) is 8.41. The number of hydrogen-bond donors (Lipinski definition) is 3. The second kappa shape index (κ2) is 11.3. The molecule has 31 heavy (non-hydrogen) atoms. The van der Waals surface area contributed by atoms with E-state index >= 15 is 0 Å². The minimum absolute atomic E-state index is 0. The molecule has 172 valence electrons. The molecule has 1 atom stereocenters. The van der Waals surface area contributed by atoms with Crippen molar-refractivity contribution in [2.24, 2.45) is 4.99 Å². The fraction of sp³-hybridized carbons (Fsp3) is 0.542. The lowest BCUT2D eigenvalue weighted by molar-refractivity contribution is 0.0513. The third-order valence-electron chi connectivity index (χ3n) is 5.94. The minimum atomic E-state index is -1.10. The fourth-order valence-corrected chi connectivity index (χ4v) is 4.20. The summed E-state index contributed by atoms with van der Waals surface area (Å²) in [6, 6.07) is 12.5. The molecule has 1 aliphatic heterocycles. The van der Waals surface area contributed by atoms with E-state index in [1.54, 1.807) is 6.92 Å². The zero-order chi connectivity index (χ0) is 21.6. The van der Waals surface area contributed by atoms with Gasteiger partial charge < -0.3 is 24.9 Å². The molecule has 6 nitrogen and oxygen atoms in total. The van der Waals surface area contributed by atoms with Crippen LogP contribution in [0, 0.1) is 13.8 Å². The number of halogens is 1. The molecule has 1 aromatic heterocycles. The first-order valence-electron chi connectivity index (χ1n) is 10.8. The molecule has 3 rings (SSSR count). The minimum Gasteiger partial charge on any atom is -0.466 e. The number of aryl methyl sites for hydroxylation is 2. The molecule has 0 bridgehead atoms. The predicted octanol–water partition coefficient (Wildman–Crippen LogP) is 4.03. The number of ether oxygens (including phenoxy) is 1. The average molecular weight is 541 g/mol. The van der Waals surface area contributed by atoms with E-state index in [-0.39, 0.29) is 35.9 Å². The summed E-state index contributed by atoms with van der Waals surface area (Å²) in [6.07, 6.45) is 1.93. The lowest BCUT2D eigenvalue weighted by atomic mass is 9.74. The third kappa shape index (κ3) is 6.46. The highest BCUT2D eigenvalue weighted by Gasteiger charge is 2.34. The second-order valence-corrected chi connectivity index (χ2v) is 8.41. The molecule has 1 aromatic carbocycles. The number of hydrogen-bond acceptors (Lipinski definition) is 4. The molecule has 0 aliphatic carbocycles. The Hall–Kier alpha value is -1.58. The van der Waals surface area contributed by atoms with E-state index in [0.717, 1.165) is 56.2 Å². The first kappa shape index (κ1) is 25.7. The molecule has 1 aliphatic rings. The lowest BCUT2D eigenvalue weighted by Gasteiger charge is -2.38. The molecule has 1 unspecified atom stereocenters. The number of nitrogens with one attached hydrogen (secondary N) is 2. The fourth-order valence-electron chi connectivity index (χ4n) is 4.20. The van der Waals surface area contributed by atoms with Gasteiger partial charge in [-0.15, -0.1) is 24.0 Å². The van der Waals surface area contributed by atoms with E-state index in [0.29, 0.717) is 5.96 Å². The molecular weight excluding hydrogens is 505 g/mol. The summed E-state index contributed by atoms with van der Waals surface area (Å²) in [5.74, 6) is 2.23. The maximum atomic E-state index is 11.0. The Balaban J connectivity index is 0.00000341. The highest BCUT2D eigenvalue weighted by Crippen LogP contribution is 2.34. The zero-order valence-corrected chi connectivity index (χ0v) is 21.4. The summed E-state index contributed by atoms with van der Waals surface area (Å²) in [5.41, 5.74) is 1.02. The van der Waals surface area contributed by atoms with E-state index in [2.05, 4.69) is 41.0 Å². The van der Waals surface area contributed by atoms with Gasteiger partial charge in [0.1, 0.15) is 17.1 Å². The van der Waals surface area contributed by atoms with Crippen molar-refractivity contribution in [3.05, 3.63) is 59.0 Å². The van der Waals surface area contributed by atoms with Gasteiger partial charge in [0.15, 0.2) is 5.96 Å². The van der Waals surface area contributed by atoms with Gasteiger partial charge in [0, 0.05) is 37.3 Å².